The molecule has 0 fully saturated rings. The Kier molecular flexibility index (Phi) is 2.27. The van der Waals surface area contributed by atoms with Gasteiger partial charge in [-0.05, 0) is 32.4 Å². The number of hydrogen-bond donors (Lipinski definition) is 1. The van der Waals surface area contributed by atoms with Gasteiger partial charge in [0.15, 0.2) is 0 Å². The lowest BCUT2D eigenvalue weighted by Crippen LogP contribution is -1.96. The molecule has 0 atom stereocenters. The minimum atomic E-state index is -0.830. The Morgan fingerprint density at radius 2 is 1.93 bits per heavy atom. The van der Waals surface area contributed by atoms with Crippen LogP contribution in [0.5, 0.6) is 0 Å². The molecule has 0 amide bonds. The fourth-order valence-corrected chi connectivity index (χ4v) is 3.03. The molecular weight excluding hydrogens is 208 g/mol. The fourth-order valence-electron chi connectivity index (χ4n) is 1.94. The summed E-state index contributed by atoms with van der Waals surface area (Å²) < 4.78 is 1.09. The van der Waals surface area contributed by atoms with Crippen molar-refractivity contribution in [1.82, 2.24) is 0 Å². The largest absolute Gasteiger partial charge is 0.478 e. The summed E-state index contributed by atoms with van der Waals surface area (Å²) in [6.07, 6.45) is 0. The molecule has 0 aliphatic carbocycles. The molecule has 0 aliphatic rings. The van der Waals surface area contributed by atoms with Gasteiger partial charge in [-0.1, -0.05) is 11.6 Å². The summed E-state index contributed by atoms with van der Waals surface area (Å²) in [6, 6.07) is 4.04. The van der Waals surface area contributed by atoms with Gasteiger partial charge < -0.3 is 5.11 Å². The van der Waals surface area contributed by atoms with Gasteiger partial charge in [0.25, 0.3) is 0 Å². The minimum absolute atomic E-state index is 0.460. The third kappa shape index (κ3) is 1.53. The van der Waals surface area contributed by atoms with Crippen LogP contribution in [0.4, 0.5) is 0 Å². The van der Waals surface area contributed by atoms with E-state index >= 15 is 0 Å². The molecule has 1 aromatic heterocycles. The molecule has 2 aromatic rings. The maximum Gasteiger partial charge on any atom is 0.337 e. The molecule has 15 heavy (non-hydrogen) atoms. The van der Waals surface area contributed by atoms with Crippen molar-refractivity contribution < 1.29 is 9.90 Å². The van der Waals surface area contributed by atoms with Gasteiger partial charge in [0.1, 0.15) is 0 Å². The third-order valence-electron chi connectivity index (χ3n) is 2.51. The normalized spacial score (nSPS) is 10.9. The van der Waals surface area contributed by atoms with Crippen molar-refractivity contribution in [3.63, 3.8) is 0 Å². The van der Waals surface area contributed by atoms with Gasteiger partial charge in [0.05, 0.1) is 5.56 Å². The zero-order chi connectivity index (χ0) is 11.2. The summed E-state index contributed by atoms with van der Waals surface area (Å²) in [7, 11) is 0. The van der Waals surface area contributed by atoms with Gasteiger partial charge >= 0.3 is 5.97 Å². The zero-order valence-corrected chi connectivity index (χ0v) is 9.73. The summed E-state index contributed by atoms with van der Waals surface area (Å²) in [5, 5.41) is 10.0. The third-order valence-corrected chi connectivity index (χ3v) is 3.77. The highest BCUT2D eigenvalue weighted by molar-refractivity contribution is 7.19. The quantitative estimate of drug-likeness (QED) is 0.798. The van der Waals surface area contributed by atoms with Crippen molar-refractivity contribution in [1.29, 1.82) is 0 Å². The highest BCUT2D eigenvalue weighted by Gasteiger charge is 2.16. The zero-order valence-electron chi connectivity index (χ0n) is 8.92. The molecule has 2 nitrogen and oxygen atoms in total. The number of carbonyl (C=O) groups is 1. The van der Waals surface area contributed by atoms with Crippen LogP contribution in [0.25, 0.3) is 10.1 Å². The second kappa shape index (κ2) is 3.35. The molecule has 78 valence electrons. The first-order valence-electron chi connectivity index (χ1n) is 4.74. The summed E-state index contributed by atoms with van der Waals surface area (Å²) in [5.41, 5.74) is 2.73. The van der Waals surface area contributed by atoms with Gasteiger partial charge in [-0.2, -0.15) is 0 Å². The molecule has 2 rings (SSSR count). The number of aromatic carboxylic acids is 1. The summed E-state index contributed by atoms with van der Waals surface area (Å²) in [5.74, 6) is -0.830. The lowest BCUT2D eigenvalue weighted by atomic mass is 10.1. The maximum absolute atomic E-state index is 11.1. The number of thiophene rings is 1. The van der Waals surface area contributed by atoms with E-state index < -0.39 is 5.97 Å². The first kappa shape index (κ1) is 10.2. The average molecular weight is 220 g/mol. The predicted molar refractivity (Wildman–Crippen MR) is 63.0 cm³/mol. The van der Waals surface area contributed by atoms with Gasteiger partial charge in [-0.25, -0.2) is 4.79 Å². The van der Waals surface area contributed by atoms with Crippen molar-refractivity contribution in [2.45, 2.75) is 20.8 Å². The number of rotatable bonds is 1. The SMILES string of the molecule is Cc1cc(C)c2sc(C)c(C(=O)O)c2c1. The molecule has 0 spiro atoms. The van der Waals surface area contributed by atoms with Crippen molar-refractivity contribution in [3.05, 3.63) is 33.7 Å². The van der Waals surface area contributed by atoms with E-state index in [9.17, 15) is 4.79 Å². The molecule has 0 saturated carbocycles. The lowest BCUT2D eigenvalue weighted by Gasteiger charge is -1.99. The van der Waals surface area contributed by atoms with E-state index in [1.807, 2.05) is 26.8 Å². The molecular formula is C12H12O2S. The van der Waals surface area contributed by atoms with E-state index in [0.717, 1.165) is 26.1 Å². The first-order valence-corrected chi connectivity index (χ1v) is 5.56. The topological polar surface area (TPSA) is 37.3 Å². The summed E-state index contributed by atoms with van der Waals surface area (Å²) >= 11 is 1.56. The van der Waals surface area contributed by atoms with Crippen LogP contribution in [0.3, 0.4) is 0 Å². The van der Waals surface area contributed by atoms with E-state index in [4.69, 9.17) is 5.11 Å². The molecule has 0 saturated heterocycles. The molecule has 0 radical (unpaired) electrons. The van der Waals surface area contributed by atoms with Crippen molar-refractivity contribution in [2.24, 2.45) is 0 Å². The summed E-state index contributed by atoms with van der Waals surface area (Å²) in [6.45, 7) is 5.88. The van der Waals surface area contributed by atoms with Crippen LogP contribution < -0.4 is 0 Å². The van der Waals surface area contributed by atoms with E-state index in [1.165, 1.54) is 0 Å². The molecule has 0 unspecified atom stereocenters. The van der Waals surface area contributed by atoms with Crippen LogP contribution in [0, 0.1) is 20.8 Å². The molecule has 1 N–H and O–H groups in total. The van der Waals surface area contributed by atoms with Crippen LogP contribution in [0.15, 0.2) is 12.1 Å². The molecule has 0 aliphatic heterocycles. The van der Waals surface area contributed by atoms with Crippen LogP contribution in [0.1, 0.15) is 26.4 Å². The van der Waals surface area contributed by atoms with Crippen LogP contribution in [0.2, 0.25) is 0 Å². The molecule has 1 aromatic carbocycles. The Labute approximate surface area is 92.2 Å². The van der Waals surface area contributed by atoms with Crippen LogP contribution >= 0.6 is 11.3 Å². The number of benzene rings is 1. The second-order valence-corrected chi connectivity index (χ2v) is 5.02. The first-order chi connectivity index (χ1) is 7.00. The van der Waals surface area contributed by atoms with Crippen molar-refractivity contribution in [3.8, 4) is 0 Å². The van der Waals surface area contributed by atoms with Crippen LogP contribution in [-0.2, 0) is 0 Å². The molecule has 1 heterocycles. The minimum Gasteiger partial charge on any atom is -0.478 e. The Balaban J connectivity index is 2.93. The van der Waals surface area contributed by atoms with Crippen molar-refractivity contribution in [2.75, 3.05) is 0 Å². The average Bonchev–Trinajstić information content (AvgIpc) is 2.41. The number of carboxylic acids is 1. The Morgan fingerprint density at radius 3 is 2.53 bits per heavy atom. The van der Waals surface area contributed by atoms with Gasteiger partial charge in [0.2, 0.25) is 0 Å². The molecule has 0 bridgehead atoms. The van der Waals surface area contributed by atoms with E-state index in [-0.39, 0.29) is 0 Å². The number of fused-ring (bicyclic) bond motifs is 1. The highest BCUT2D eigenvalue weighted by Crippen LogP contribution is 2.33. The van der Waals surface area contributed by atoms with E-state index in [1.54, 1.807) is 11.3 Å². The monoisotopic (exact) mass is 220 g/mol. The number of aryl methyl sites for hydroxylation is 3. The smallest absolute Gasteiger partial charge is 0.337 e. The number of hydrogen-bond acceptors (Lipinski definition) is 2. The van der Waals surface area contributed by atoms with Gasteiger partial charge in [-0.15, -0.1) is 11.3 Å². The fraction of sp³-hybridized carbons (Fsp3) is 0.250. The van der Waals surface area contributed by atoms with E-state index in [2.05, 4.69) is 6.07 Å². The standard InChI is InChI=1S/C12H12O2S/c1-6-4-7(2)11-9(5-6)10(12(13)14)8(3)15-11/h4-5H,1-3H3,(H,13,14). The molecule has 3 heteroatoms. The van der Waals surface area contributed by atoms with Crippen molar-refractivity contribution >= 4 is 27.4 Å². The lowest BCUT2D eigenvalue weighted by molar-refractivity contribution is 0.0699. The van der Waals surface area contributed by atoms with Gasteiger partial charge in [0, 0.05) is 15.0 Å². The van der Waals surface area contributed by atoms with Gasteiger partial charge in [-0.3, -0.25) is 0 Å². The van der Waals surface area contributed by atoms with E-state index in [0.29, 0.717) is 5.56 Å². The second-order valence-electron chi connectivity index (χ2n) is 3.80. The highest BCUT2D eigenvalue weighted by atomic mass is 32.1. The maximum atomic E-state index is 11.1. The Morgan fingerprint density at radius 1 is 1.27 bits per heavy atom. The summed E-state index contributed by atoms with van der Waals surface area (Å²) in [4.78, 5) is 12.0. The van der Waals surface area contributed by atoms with Crippen LogP contribution in [-0.4, -0.2) is 11.1 Å². The Bertz CT molecular complexity index is 552. The number of carboxylic acid groups (broad SMARTS) is 1. The predicted octanol–water partition coefficient (Wildman–Crippen LogP) is 3.52. The Hall–Kier alpha value is -1.35.